The average Bonchev–Trinajstić information content (AvgIpc) is 2.45. The summed E-state index contributed by atoms with van der Waals surface area (Å²) in [4.78, 5) is 0.0967. The fraction of sp³-hybridized carbons (Fsp3) is 0.625. The Labute approximate surface area is 93.8 Å². The number of nitrogens with zero attached hydrogens (tertiary/aromatic N) is 1. The Morgan fingerprint density at radius 2 is 2.13 bits per heavy atom. The second-order valence-corrected chi connectivity index (χ2v) is 5.29. The molecule has 1 heterocycles. The van der Waals surface area contributed by atoms with Crippen molar-refractivity contribution in [3.8, 4) is 0 Å². The van der Waals surface area contributed by atoms with E-state index in [1.807, 2.05) is 0 Å². The molecule has 1 N–H and O–H groups in total. The van der Waals surface area contributed by atoms with E-state index in [4.69, 9.17) is 16.1 Å². The summed E-state index contributed by atoms with van der Waals surface area (Å²) in [5.41, 5.74) is 0.349. The number of aryl methyl sites for hydroxylation is 2. The molecule has 0 spiro atoms. The maximum Gasteiger partial charge on any atom is 0.246 e. The van der Waals surface area contributed by atoms with E-state index in [1.54, 1.807) is 20.8 Å². The zero-order valence-corrected chi connectivity index (χ0v) is 10.3. The van der Waals surface area contributed by atoms with Gasteiger partial charge >= 0.3 is 0 Å². The maximum atomic E-state index is 11.8. The highest BCUT2D eigenvalue weighted by Gasteiger charge is 2.25. The molecule has 0 aromatic carbocycles. The van der Waals surface area contributed by atoms with Crippen LogP contribution < -0.4 is 4.72 Å². The number of sulfonamides is 1. The smallest absolute Gasteiger partial charge is 0.246 e. The summed E-state index contributed by atoms with van der Waals surface area (Å²) >= 11 is 5.53. The number of rotatable bonds is 4. The molecule has 7 heteroatoms. The van der Waals surface area contributed by atoms with E-state index in [9.17, 15) is 8.42 Å². The van der Waals surface area contributed by atoms with E-state index >= 15 is 0 Å². The highest BCUT2D eigenvalue weighted by atomic mass is 35.5. The Morgan fingerprint density at radius 1 is 1.53 bits per heavy atom. The van der Waals surface area contributed by atoms with Gasteiger partial charge in [-0.15, -0.1) is 11.6 Å². The van der Waals surface area contributed by atoms with Gasteiger partial charge in [-0.25, -0.2) is 13.1 Å². The van der Waals surface area contributed by atoms with Crippen LogP contribution in [0.4, 0.5) is 0 Å². The molecule has 86 valence electrons. The number of nitrogens with one attached hydrogen (secondary N) is 1. The van der Waals surface area contributed by atoms with Gasteiger partial charge in [-0.05, 0) is 20.8 Å². The lowest BCUT2D eigenvalue weighted by molar-refractivity contribution is 0.390. The molecular weight excluding hydrogens is 240 g/mol. The highest BCUT2D eigenvalue weighted by Crippen LogP contribution is 2.18. The molecular formula is C8H13ClN2O3S. The van der Waals surface area contributed by atoms with Crippen molar-refractivity contribution in [3.63, 3.8) is 0 Å². The standard InChI is InChI=1S/C8H13ClN2O3S/c1-5(4-9)11-15(12,13)8-6(2)10-14-7(8)3/h5,11H,4H2,1-3H3. The van der Waals surface area contributed by atoms with Gasteiger partial charge in [0.15, 0.2) is 5.76 Å². The molecule has 0 bridgehead atoms. The van der Waals surface area contributed by atoms with E-state index in [-0.39, 0.29) is 22.6 Å². The molecule has 1 rings (SSSR count). The molecule has 0 aliphatic rings. The molecule has 15 heavy (non-hydrogen) atoms. The molecule has 1 atom stereocenters. The Kier molecular flexibility index (Phi) is 3.75. The van der Waals surface area contributed by atoms with Crippen molar-refractivity contribution in [1.82, 2.24) is 9.88 Å². The lowest BCUT2D eigenvalue weighted by Crippen LogP contribution is -2.34. The number of halogens is 1. The van der Waals surface area contributed by atoms with Gasteiger partial charge in [0.05, 0.1) is 0 Å². The summed E-state index contributed by atoms with van der Waals surface area (Å²) in [6.07, 6.45) is 0. The molecule has 0 amide bonds. The SMILES string of the molecule is Cc1noc(C)c1S(=O)(=O)NC(C)CCl. The lowest BCUT2D eigenvalue weighted by Gasteiger charge is -2.10. The summed E-state index contributed by atoms with van der Waals surface area (Å²) in [6.45, 7) is 4.82. The van der Waals surface area contributed by atoms with Crippen molar-refractivity contribution in [2.45, 2.75) is 31.7 Å². The van der Waals surface area contributed by atoms with Crippen molar-refractivity contribution in [2.75, 3.05) is 5.88 Å². The molecule has 0 saturated carbocycles. The van der Waals surface area contributed by atoms with Crippen LogP contribution >= 0.6 is 11.6 Å². The molecule has 0 aliphatic carbocycles. The normalized spacial score (nSPS) is 14.1. The van der Waals surface area contributed by atoms with Gasteiger partial charge in [0.1, 0.15) is 10.6 Å². The van der Waals surface area contributed by atoms with Crippen LogP contribution in [0.2, 0.25) is 0 Å². The van der Waals surface area contributed by atoms with Crippen molar-refractivity contribution in [2.24, 2.45) is 0 Å². The zero-order chi connectivity index (χ0) is 11.6. The summed E-state index contributed by atoms with van der Waals surface area (Å²) in [5, 5.41) is 3.59. The first-order valence-corrected chi connectivity index (χ1v) is 6.41. The van der Waals surface area contributed by atoms with Crippen LogP contribution in [-0.2, 0) is 10.0 Å². The fourth-order valence-electron chi connectivity index (χ4n) is 1.21. The monoisotopic (exact) mass is 252 g/mol. The molecule has 1 aromatic rings. The van der Waals surface area contributed by atoms with Crippen LogP contribution in [0.25, 0.3) is 0 Å². The average molecular weight is 253 g/mol. The second kappa shape index (κ2) is 4.51. The van der Waals surface area contributed by atoms with Crippen LogP contribution in [0, 0.1) is 13.8 Å². The topological polar surface area (TPSA) is 72.2 Å². The second-order valence-electron chi connectivity index (χ2n) is 3.33. The third-order valence-corrected chi connectivity index (χ3v) is 4.12. The fourth-order valence-corrected chi connectivity index (χ4v) is 2.95. The minimum Gasteiger partial charge on any atom is -0.360 e. The van der Waals surface area contributed by atoms with Gasteiger partial charge in [0.2, 0.25) is 10.0 Å². The van der Waals surface area contributed by atoms with E-state index < -0.39 is 10.0 Å². The third-order valence-electron chi connectivity index (χ3n) is 1.82. The quantitative estimate of drug-likeness (QED) is 0.818. The predicted molar refractivity (Wildman–Crippen MR) is 56.5 cm³/mol. The Balaban J connectivity index is 3.07. The van der Waals surface area contributed by atoms with Gasteiger partial charge < -0.3 is 4.52 Å². The highest BCUT2D eigenvalue weighted by molar-refractivity contribution is 7.89. The first-order valence-electron chi connectivity index (χ1n) is 4.39. The Morgan fingerprint density at radius 3 is 2.53 bits per heavy atom. The summed E-state index contributed by atoms with van der Waals surface area (Å²) in [5.74, 6) is 0.490. The minimum absolute atomic E-state index is 0.0967. The molecule has 1 unspecified atom stereocenters. The van der Waals surface area contributed by atoms with E-state index in [2.05, 4.69) is 9.88 Å². The molecule has 0 saturated heterocycles. The summed E-state index contributed by atoms with van der Waals surface area (Å²) in [6, 6.07) is -0.328. The first-order chi connectivity index (χ1) is 6.88. The molecule has 0 fully saturated rings. The number of aromatic nitrogens is 1. The van der Waals surface area contributed by atoms with E-state index in [1.165, 1.54) is 0 Å². The van der Waals surface area contributed by atoms with Crippen molar-refractivity contribution in [1.29, 1.82) is 0 Å². The number of hydrogen-bond donors (Lipinski definition) is 1. The minimum atomic E-state index is -3.58. The number of alkyl halides is 1. The van der Waals surface area contributed by atoms with Gasteiger partial charge in [0, 0.05) is 11.9 Å². The van der Waals surface area contributed by atoms with Crippen molar-refractivity contribution >= 4 is 21.6 Å². The van der Waals surface area contributed by atoms with Gasteiger partial charge in [-0.1, -0.05) is 5.16 Å². The third kappa shape index (κ3) is 2.70. The summed E-state index contributed by atoms with van der Waals surface area (Å²) < 4.78 is 30.9. The van der Waals surface area contributed by atoms with Gasteiger partial charge in [-0.2, -0.15) is 0 Å². The molecule has 0 radical (unpaired) electrons. The van der Waals surface area contributed by atoms with Gasteiger partial charge in [0.25, 0.3) is 0 Å². The first kappa shape index (κ1) is 12.5. The molecule has 1 aromatic heterocycles. The van der Waals surface area contributed by atoms with Crippen LogP contribution in [0.5, 0.6) is 0 Å². The molecule has 0 aliphatic heterocycles. The maximum absolute atomic E-state index is 11.8. The van der Waals surface area contributed by atoms with Gasteiger partial charge in [-0.3, -0.25) is 0 Å². The number of hydrogen-bond acceptors (Lipinski definition) is 4. The van der Waals surface area contributed by atoms with Crippen molar-refractivity contribution in [3.05, 3.63) is 11.5 Å². The van der Waals surface area contributed by atoms with E-state index in [0.717, 1.165) is 0 Å². The van der Waals surface area contributed by atoms with Crippen LogP contribution in [0.3, 0.4) is 0 Å². The zero-order valence-electron chi connectivity index (χ0n) is 8.74. The van der Waals surface area contributed by atoms with Crippen LogP contribution in [0.15, 0.2) is 9.42 Å². The van der Waals surface area contributed by atoms with E-state index in [0.29, 0.717) is 5.69 Å². The Hall–Kier alpha value is -0.590. The summed E-state index contributed by atoms with van der Waals surface area (Å²) in [7, 11) is -3.58. The van der Waals surface area contributed by atoms with Crippen LogP contribution in [-0.4, -0.2) is 25.5 Å². The van der Waals surface area contributed by atoms with Crippen LogP contribution in [0.1, 0.15) is 18.4 Å². The largest absolute Gasteiger partial charge is 0.360 e. The lowest BCUT2D eigenvalue weighted by atomic mass is 10.4. The molecule has 5 nitrogen and oxygen atoms in total. The Bertz CT molecular complexity index is 421. The predicted octanol–water partition coefficient (Wildman–Crippen LogP) is 1.20. The van der Waals surface area contributed by atoms with Crippen molar-refractivity contribution < 1.29 is 12.9 Å².